The lowest BCUT2D eigenvalue weighted by Crippen LogP contribution is -2.42. The molecule has 2 aromatic carbocycles. The minimum Gasteiger partial charge on any atom is -0.484 e. The third-order valence-corrected chi connectivity index (χ3v) is 4.63. The molecule has 10 heteroatoms. The van der Waals surface area contributed by atoms with Crippen molar-refractivity contribution in [3.05, 3.63) is 65.2 Å². The summed E-state index contributed by atoms with van der Waals surface area (Å²) < 4.78 is 48.9. The fraction of sp³-hybridized carbons (Fsp3) is 0.318. The van der Waals surface area contributed by atoms with Crippen LogP contribution < -0.4 is 10.2 Å². The van der Waals surface area contributed by atoms with Gasteiger partial charge in [0.25, 0.3) is 5.91 Å². The Labute approximate surface area is 182 Å². The number of carbonyl (C=O) groups is 2. The molecule has 2 amide bonds. The predicted octanol–water partition coefficient (Wildman–Crippen LogP) is 2.64. The molecule has 1 aliphatic rings. The number of rotatable bonds is 7. The number of hydrazone groups is 1. The molecular weight excluding hydrogens is 427 g/mol. The molecule has 1 N–H and O–H groups in total. The number of morpholine rings is 1. The van der Waals surface area contributed by atoms with Crippen LogP contribution in [0.4, 0.5) is 13.2 Å². The lowest BCUT2D eigenvalue weighted by molar-refractivity contribution is -0.138. The molecule has 0 unspecified atom stereocenters. The highest BCUT2D eigenvalue weighted by atomic mass is 19.4. The van der Waals surface area contributed by atoms with Gasteiger partial charge in [-0.15, -0.1) is 0 Å². The SMILES string of the molecule is O=C(Cc1cccc(C(F)(F)F)c1)N/N=C/c1ccc(OCC(=O)N2CCOCC2)cc1. The highest BCUT2D eigenvalue weighted by Crippen LogP contribution is 2.29. The molecule has 1 heterocycles. The highest BCUT2D eigenvalue weighted by molar-refractivity contribution is 5.83. The van der Waals surface area contributed by atoms with Crippen molar-refractivity contribution in [3.8, 4) is 5.75 Å². The Kier molecular flexibility index (Phi) is 7.82. The highest BCUT2D eigenvalue weighted by Gasteiger charge is 2.30. The molecule has 0 atom stereocenters. The lowest BCUT2D eigenvalue weighted by atomic mass is 10.1. The van der Waals surface area contributed by atoms with Crippen molar-refractivity contribution in [1.29, 1.82) is 0 Å². The summed E-state index contributed by atoms with van der Waals surface area (Å²) in [5.74, 6) is -0.137. The average molecular weight is 449 g/mol. The Hall–Kier alpha value is -3.40. The molecule has 0 aliphatic carbocycles. The smallest absolute Gasteiger partial charge is 0.416 e. The summed E-state index contributed by atoms with van der Waals surface area (Å²) in [4.78, 5) is 25.7. The van der Waals surface area contributed by atoms with Crippen LogP contribution in [0.2, 0.25) is 0 Å². The molecule has 1 saturated heterocycles. The van der Waals surface area contributed by atoms with Crippen molar-refractivity contribution in [1.82, 2.24) is 10.3 Å². The molecule has 32 heavy (non-hydrogen) atoms. The van der Waals surface area contributed by atoms with Crippen LogP contribution in [-0.4, -0.2) is 55.8 Å². The van der Waals surface area contributed by atoms with E-state index in [-0.39, 0.29) is 24.5 Å². The molecule has 0 saturated carbocycles. The Morgan fingerprint density at radius 3 is 2.53 bits per heavy atom. The van der Waals surface area contributed by atoms with E-state index in [2.05, 4.69) is 10.5 Å². The third-order valence-electron chi connectivity index (χ3n) is 4.63. The van der Waals surface area contributed by atoms with Gasteiger partial charge in [-0.2, -0.15) is 18.3 Å². The number of nitrogens with one attached hydrogen (secondary N) is 1. The molecule has 0 aromatic heterocycles. The number of nitrogens with zero attached hydrogens (tertiary/aromatic N) is 2. The van der Waals surface area contributed by atoms with Crippen molar-refractivity contribution in [2.45, 2.75) is 12.6 Å². The first-order valence-electron chi connectivity index (χ1n) is 9.88. The van der Waals surface area contributed by atoms with Gasteiger partial charge in [0, 0.05) is 13.1 Å². The van der Waals surface area contributed by atoms with Crippen LogP contribution in [0.3, 0.4) is 0 Å². The van der Waals surface area contributed by atoms with E-state index < -0.39 is 17.6 Å². The number of hydrogen-bond acceptors (Lipinski definition) is 5. The maximum absolute atomic E-state index is 12.7. The molecule has 0 radical (unpaired) electrons. The molecule has 7 nitrogen and oxygen atoms in total. The summed E-state index contributed by atoms with van der Waals surface area (Å²) in [6.45, 7) is 2.08. The second kappa shape index (κ2) is 10.8. The summed E-state index contributed by atoms with van der Waals surface area (Å²) in [6, 6.07) is 11.3. The Balaban J connectivity index is 1.44. The zero-order valence-corrected chi connectivity index (χ0v) is 17.1. The van der Waals surface area contributed by atoms with Crippen LogP contribution in [0.1, 0.15) is 16.7 Å². The summed E-state index contributed by atoms with van der Waals surface area (Å²) in [5.41, 5.74) is 2.38. The van der Waals surface area contributed by atoms with Gasteiger partial charge in [-0.05, 0) is 41.5 Å². The third kappa shape index (κ3) is 7.09. The second-order valence-corrected chi connectivity index (χ2v) is 7.02. The average Bonchev–Trinajstić information content (AvgIpc) is 2.78. The van der Waals surface area contributed by atoms with Crippen molar-refractivity contribution in [3.63, 3.8) is 0 Å². The molecule has 3 rings (SSSR count). The minimum atomic E-state index is -4.46. The number of halogens is 3. The first kappa shape index (κ1) is 23.3. The quantitative estimate of drug-likeness (QED) is 0.521. The first-order chi connectivity index (χ1) is 15.3. The Morgan fingerprint density at radius 1 is 1.12 bits per heavy atom. The Morgan fingerprint density at radius 2 is 1.84 bits per heavy atom. The predicted molar refractivity (Wildman–Crippen MR) is 110 cm³/mol. The lowest BCUT2D eigenvalue weighted by Gasteiger charge is -2.26. The van der Waals surface area contributed by atoms with Crippen molar-refractivity contribution >= 4 is 18.0 Å². The van der Waals surface area contributed by atoms with Gasteiger partial charge in [-0.1, -0.05) is 18.2 Å². The van der Waals surface area contributed by atoms with Gasteiger partial charge in [-0.3, -0.25) is 9.59 Å². The first-order valence-corrected chi connectivity index (χ1v) is 9.88. The second-order valence-electron chi connectivity index (χ2n) is 7.02. The molecule has 0 bridgehead atoms. The van der Waals surface area contributed by atoms with E-state index in [9.17, 15) is 22.8 Å². The standard InChI is InChI=1S/C22H22F3N3O4/c23-22(24,25)18-3-1-2-17(12-18)13-20(29)27-26-14-16-4-6-19(7-5-16)32-15-21(30)28-8-10-31-11-9-28/h1-7,12,14H,8-11,13,15H2,(H,27,29)/b26-14+. The number of benzene rings is 2. The maximum atomic E-state index is 12.7. The Bertz CT molecular complexity index is 956. The van der Waals surface area contributed by atoms with Gasteiger partial charge < -0.3 is 14.4 Å². The van der Waals surface area contributed by atoms with Gasteiger partial charge in [0.2, 0.25) is 5.91 Å². The topological polar surface area (TPSA) is 80.2 Å². The summed E-state index contributed by atoms with van der Waals surface area (Å²) in [5, 5.41) is 3.81. The summed E-state index contributed by atoms with van der Waals surface area (Å²) in [6.07, 6.45) is -3.30. The van der Waals surface area contributed by atoms with Crippen LogP contribution in [0.5, 0.6) is 5.75 Å². The summed E-state index contributed by atoms with van der Waals surface area (Å²) >= 11 is 0. The zero-order chi connectivity index (χ0) is 23.0. The minimum absolute atomic E-state index is 0.0704. The van der Waals surface area contributed by atoms with Crippen LogP contribution in [0.15, 0.2) is 53.6 Å². The summed E-state index contributed by atoms with van der Waals surface area (Å²) in [7, 11) is 0. The molecular formula is C22H22F3N3O4. The number of alkyl halides is 3. The number of amides is 2. The molecule has 1 aliphatic heterocycles. The van der Waals surface area contributed by atoms with E-state index in [1.165, 1.54) is 18.3 Å². The molecule has 0 spiro atoms. The van der Waals surface area contributed by atoms with Gasteiger partial charge in [0.1, 0.15) is 5.75 Å². The largest absolute Gasteiger partial charge is 0.484 e. The van der Waals surface area contributed by atoms with Crippen molar-refractivity contribution < 1.29 is 32.2 Å². The fourth-order valence-electron chi connectivity index (χ4n) is 2.96. The fourth-order valence-corrected chi connectivity index (χ4v) is 2.96. The number of hydrogen-bond donors (Lipinski definition) is 1. The van der Waals surface area contributed by atoms with Gasteiger partial charge in [0.05, 0.1) is 31.4 Å². The van der Waals surface area contributed by atoms with E-state index in [0.29, 0.717) is 37.6 Å². The molecule has 170 valence electrons. The van der Waals surface area contributed by atoms with E-state index in [4.69, 9.17) is 9.47 Å². The van der Waals surface area contributed by atoms with Crippen LogP contribution in [0, 0.1) is 0 Å². The van der Waals surface area contributed by atoms with Crippen LogP contribution in [0.25, 0.3) is 0 Å². The van der Waals surface area contributed by atoms with Gasteiger partial charge >= 0.3 is 6.18 Å². The van der Waals surface area contributed by atoms with Crippen molar-refractivity contribution in [2.24, 2.45) is 5.10 Å². The van der Waals surface area contributed by atoms with Gasteiger partial charge in [-0.25, -0.2) is 5.43 Å². The zero-order valence-electron chi connectivity index (χ0n) is 17.1. The maximum Gasteiger partial charge on any atom is 0.416 e. The van der Waals surface area contributed by atoms with Crippen LogP contribution in [-0.2, 0) is 26.9 Å². The van der Waals surface area contributed by atoms with Crippen molar-refractivity contribution in [2.75, 3.05) is 32.9 Å². The van der Waals surface area contributed by atoms with E-state index >= 15 is 0 Å². The van der Waals surface area contributed by atoms with E-state index in [0.717, 1.165) is 12.1 Å². The van der Waals surface area contributed by atoms with Crippen LogP contribution >= 0.6 is 0 Å². The number of ether oxygens (including phenoxy) is 2. The monoisotopic (exact) mass is 449 g/mol. The van der Waals surface area contributed by atoms with E-state index in [1.54, 1.807) is 29.2 Å². The number of carbonyl (C=O) groups excluding carboxylic acids is 2. The normalized spacial score (nSPS) is 14.4. The molecule has 2 aromatic rings. The van der Waals surface area contributed by atoms with Gasteiger partial charge in [0.15, 0.2) is 6.61 Å². The molecule has 1 fully saturated rings. The van der Waals surface area contributed by atoms with E-state index in [1.807, 2.05) is 0 Å².